The first-order valence-electron chi connectivity index (χ1n) is 5.05. The van der Waals surface area contributed by atoms with E-state index >= 15 is 0 Å². The van der Waals surface area contributed by atoms with Crippen molar-refractivity contribution in [2.24, 2.45) is 5.73 Å². The van der Waals surface area contributed by atoms with Crippen LogP contribution in [-0.2, 0) is 6.54 Å². The average Bonchev–Trinajstić information content (AvgIpc) is 2.33. The number of hydrogen-bond donors (Lipinski definition) is 1. The lowest BCUT2D eigenvalue weighted by Gasteiger charge is -2.07. The second kappa shape index (κ2) is 4.82. The third kappa shape index (κ3) is 2.46. The molecule has 2 aromatic rings. The molecule has 0 aliphatic carbocycles. The van der Waals surface area contributed by atoms with Crippen molar-refractivity contribution in [3.05, 3.63) is 58.6 Å². The van der Waals surface area contributed by atoms with Gasteiger partial charge in [-0.1, -0.05) is 17.7 Å². The predicted molar refractivity (Wildman–Crippen MR) is 64.7 cm³/mol. The van der Waals surface area contributed by atoms with E-state index < -0.39 is 11.6 Å². The maximum Gasteiger partial charge on any atom is 0.131 e. The lowest BCUT2D eigenvalue weighted by Crippen LogP contribution is -1.98. The first-order valence-corrected chi connectivity index (χ1v) is 5.43. The molecule has 1 nitrogen and oxygen atoms in total. The fourth-order valence-corrected chi connectivity index (χ4v) is 1.81. The van der Waals surface area contributed by atoms with Crippen molar-refractivity contribution in [3.63, 3.8) is 0 Å². The Kier molecular flexibility index (Phi) is 3.41. The van der Waals surface area contributed by atoms with Crippen LogP contribution in [0.2, 0.25) is 5.02 Å². The number of nitrogens with two attached hydrogens (primary N) is 1. The standard InChI is InChI=1S/C13H10ClF2N/c14-12-3-1-8(5-9(12)7-17)11-6-10(15)2-4-13(11)16/h1-6H,7,17H2. The molecular weight excluding hydrogens is 244 g/mol. The normalized spacial score (nSPS) is 10.6. The highest BCUT2D eigenvalue weighted by Gasteiger charge is 2.08. The SMILES string of the molecule is NCc1cc(-c2cc(F)ccc2F)ccc1Cl. The topological polar surface area (TPSA) is 26.0 Å². The molecular formula is C13H10ClF2N. The third-order valence-electron chi connectivity index (χ3n) is 2.51. The minimum Gasteiger partial charge on any atom is -0.326 e. The maximum atomic E-state index is 13.6. The van der Waals surface area contributed by atoms with Gasteiger partial charge in [-0.25, -0.2) is 8.78 Å². The minimum absolute atomic E-state index is 0.205. The summed E-state index contributed by atoms with van der Waals surface area (Å²) in [6.07, 6.45) is 0. The molecule has 0 aromatic heterocycles. The van der Waals surface area contributed by atoms with Crippen LogP contribution in [0.5, 0.6) is 0 Å². The van der Waals surface area contributed by atoms with E-state index in [9.17, 15) is 8.78 Å². The van der Waals surface area contributed by atoms with Crippen LogP contribution >= 0.6 is 11.6 Å². The van der Waals surface area contributed by atoms with Gasteiger partial charge in [-0.05, 0) is 41.5 Å². The molecule has 0 bridgehead atoms. The summed E-state index contributed by atoms with van der Waals surface area (Å²) < 4.78 is 26.6. The zero-order valence-electron chi connectivity index (χ0n) is 8.88. The third-order valence-corrected chi connectivity index (χ3v) is 2.87. The minimum atomic E-state index is -0.481. The zero-order valence-corrected chi connectivity index (χ0v) is 9.64. The lowest BCUT2D eigenvalue weighted by molar-refractivity contribution is 0.603. The van der Waals surface area contributed by atoms with Gasteiger partial charge in [-0.15, -0.1) is 0 Å². The molecule has 0 saturated carbocycles. The molecule has 4 heteroatoms. The van der Waals surface area contributed by atoms with Gasteiger partial charge in [0.25, 0.3) is 0 Å². The van der Waals surface area contributed by atoms with Crippen molar-refractivity contribution in [1.29, 1.82) is 0 Å². The molecule has 0 unspecified atom stereocenters. The molecule has 0 aliphatic rings. The highest BCUT2D eigenvalue weighted by atomic mass is 35.5. The quantitative estimate of drug-likeness (QED) is 0.867. The van der Waals surface area contributed by atoms with E-state index in [0.29, 0.717) is 16.1 Å². The molecule has 0 spiro atoms. The Hall–Kier alpha value is -1.45. The Morgan fingerprint density at radius 1 is 1.06 bits per heavy atom. The van der Waals surface area contributed by atoms with E-state index in [2.05, 4.69) is 0 Å². The van der Waals surface area contributed by atoms with Gasteiger partial charge in [0.2, 0.25) is 0 Å². The van der Waals surface area contributed by atoms with E-state index in [-0.39, 0.29) is 12.1 Å². The van der Waals surface area contributed by atoms with Gasteiger partial charge < -0.3 is 5.73 Å². The van der Waals surface area contributed by atoms with E-state index in [0.717, 1.165) is 18.2 Å². The summed E-state index contributed by atoms with van der Waals surface area (Å²) in [5, 5.41) is 0.521. The van der Waals surface area contributed by atoms with Crippen LogP contribution in [-0.4, -0.2) is 0 Å². The van der Waals surface area contributed by atoms with Crippen LogP contribution in [0.4, 0.5) is 8.78 Å². The summed E-state index contributed by atoms with van der Waals surface area (Å²) in [6.45, 7) is 0.254. The van der Waals surface area contributed by atoms with Gasteiger partial charge in [0.05, 0.1) is 0 Å². The largest absolute Gasteiger partial charge is 0.326 e. The summed E-state index contributed by atoms with van der Waals surface area (Å²) in [5.41, 5.74) is 6.98. The van der Waals surface area contributed by atoms with Gasteiger partial charge >= 0.3 is 0 Å². The van der Waals surface area contributed by atoms with E-state index in [1.807, 2.05) is 0 Å². The van der Waals surface area contributed by atoms with Crippen LogP contribution in [0.15, 0.2) is 36.4 Å². The van der Waals surface area contributed by atoms with Crippen molar-refractivity contribution in [3.8, 4) is 11.1 Å². The van der Waals surface area contributed by atoms with Crippen molar-refractivity contribution >= 4 is 11.6 Å². The average molecular weight is 254 g/mol. The van der Waals surface area contributed by atoms with Gasteiger partial charge in [0.1, 0.15) is 11.6 Å². The van der Waals surface area contributed by atoms with E-state index in [1.165, 1.54) is 0 Å². The fraction of sp³-hybridized carbons (Fsp3) is 0.0769. The van der Waals surface area contributed by atoms with Gasteiger partial charge in [0.15, 0.2) is 0 Å². The summed E-state index contributed by atoms with van der Waals surface area (Å²) in [5.74, 6) is -0.956. The lowest BCUT2D eigenvalue weighted by atomic mass is 10.0. The van der Waals surface area contributed by atoms with E-state index in [1.54, 1.807) is 18.2 Å². The van der Waals surface area contributed by atoms with E-state index in [4.69, 9.17) is 17.3 Å². The molecule has 0 aliphatic heterocycles. The Morgan fingerprint density at radius 3 is 2.53 bits per heavy atom. The zero-order chi connectivity index (χ0) is 12.4. The number of benzene rings is 2. The highest BCUT2D eigenvalue weighted by Crippen LogP contribution is 2.27. The molecule has 88 valence electrons. The number of halogens is 3. The molecule has 0 atom stereocenters. The molecule has 0 radical (unpaired) electrons. The maximum absolute atomic E-state index is 13.6. The molecule has 2 aromatic carbocycles. The highest BCUT2D eigenvalue weighted by molar-refractivity contribution is 6.31. The van der Waals surface area contributed by atoms with Crippen LogP contribution in [0.1, 0.15) is 5.56 Å². The fourth-order valence-electron chi connectivity index (χ4n) is 1.62. The van der Waals surface area contributed by atoms with Crippen molar-refractivity contribution in [2.45, 2.75) is 6.54 Å². The van der Waals surface area contributed by atoms with Crippen molar-refractivity contribution in [2.75, 3.05) is 0 Å². The van der Waals surface area contributed by atoms with Gasteiger partial charge in [0, 0.05) is 17.1 Å². The van der Waals surface area contributed by atoms with Gasteiger partial charge in [-0.3, -0.25) is 0 Å². The smallest absolute Gasteiger partial charge is 0.131 e. The Labute approximate surface area is 103 Å². The van der Waals surface area contributed by atoms with Crippen molar-refractivity contribution < 1.29 is 8.78 Å². The first kappa shape index (κ1) is 12.0. The number of rotatable bonds is 2. The first-order chi connectivity index (χ1) is 8.11. The molecule has 0 saturated heterocycles. The molecule has 0 amide bonds. The molecule has 2 N–H and O–H groups in total. The Balaban J connectivity index is 2.56. The second-order valence-electron chi connectivity index (χ2n) is 3.63. The van der Waals surface area contributed by atoms with Crippen molar-refractivity contribution in [1.82, 2.24) is 0 Å². The molecule has 17 heavy (non-hydrogen) atoms. The van der Waals surface area contributed by atoms with Crippen LogP contribution in [0.25, 0.3) is 11.1 Å². The Morgan fingerprint density at radius 2 is 1.82 bits per heavy atom. The molecule has 0 fully saturated rings. The summed E-state index contributed by atoms with van der Waals surface area (Å²) in [6, 6.07) is 8.27. The second-order valence-corrected chi connectivity index (χ2v) is 4.04. The number of hydrogen-bond acceptors (Lipinski definition) is 1. The molecule has 2 rings (SSSR count). The van der Waals surface area contributed by atoms with Crippen LogP contribution in [0.3, 0.4) is 0 Å². The Bertz CT molecular complexity index is 555. The predicted octanol–water partition coefficient (Wildman–Crippen LogP) is 3.74. The van der Waals surface area contributed by atoms with Gasteiger partial charge in [-0.2, -0.15) is 0 Å². The molecule has 0 heterocycles. The van der Waals surface area contributed by atoms with Crippen LogP contribution in [0, 0.1) is 11.6 Å². The monoisotopic (exact) mass is 253 g/mol. The van der Waals surface area contributed by atoms with Crippen LogP contribution < -0.4 is 5.73 Å². The summed E-state index contributed by atoms with van der Waals surface area (Å²) in [7, 11) is 0. The summed E-state index contributed by atoms with van der Waals surface area (Å²) in [4.78, 5) is 0. The summed E-state index contributed by atoms with van der Waals surface area (Å²) >= 11 is 5.91.